The van der Waals surface area contributed by atoms with Crippen molar-refractivity contribution in [2.75, 3.05) is 26.0 Å². The van der Waals surface area contributed by atoms with Crippen LogP contribution < -0.4 is 5.32 Å². The van der Waals surface area contributed by atoms with Crippen LogP contribution in [0.3, 0.4) is 0 Å². The first-order chi connectivity index (χ1) is 18.9. The highest BCUT2D eigenvalue weighted by atomic mass is 32.1. The van der Waals surface area contributed by atoms with Crippen LogP contribution in [0.4, 0.5) is 5.13 Å². The summed E-state index contributed by atoms with van der Waals surface area (Å²) in [4.78, 5) is 40.6. The number of likely N-dealkylation sites (N-methyl/N-ethyl adjacent to an activating group) is 1. The van der Waals surface area contributed by atoms with E-state index in [0.29, 0.717) is 35.4 Å². The number of aromatic nitrogens is 3. The van der Waals surface area contributed by atoms with Crippen LogP contribution in [0.25, 0.3) is 5.69 Å². The third-order valence-corrected chi connectivity index (χ3v) is 8.16. The Kier molecular flexibility index (Phi) is 8.18. The molecule has 39 heavy (non-hydrogen) atoms. The minimum atomic E-state index is -0.185. The number of nitrogens with zero attached hydrogens (tertiary/aromatic N) is 5. The normalized spacial score (nSPS) is 14.7. The molecule has 202 valence electrons. The summed E-state index contributed by atoms with van der Waals surface area (Å²) in [6, 6.07) is 15.5. The largest absolute Gasteiger partial charge is 0.334 e. The molecule has 2 aromatic carbocycles. The monoisotopic (exact) mass is 542 g/mol. The summed E-state index contributed by atoms with van der Waals surface area (Å²) in [7, 11) is 4.22. The van der Waals surface area contributed by atoms with Gasteiger partial charge in [0.15, 0.2) is 5.13 Å². The number of rotatable bonds is 9. The average molecular weight is 543 g/mol. The summed E-state index contributed by atoms with van der Waals surface area (Å²) in [5, 5.41) is 3.65. The van der Waals surface area contributed by atoms with Gasteiger partial charge in [-0.2, -0.15) is 0 Å². The van der Waals surface area contributed by atoms with E-state index in [1.54, 1.807) is 29.9 Å². The topological polar surface area (TPSA) is 83.4 Å². The lowest BCUT2D eigenvalue weighted by Gasteiger charge is -2.27. The van der Waals surface area contributed by atoms with Crippen LogP contribution >= 0.6 is 11.3 Å². The minimum Gasteiger partial charge on any atom is -0.334 e. The van der Waals surface area contributed by atoms with E-state index in [1.165, 1.54) is 4.88 Å². The van der Waals surface area contributed by atoms with Gasteiger partial charge in [-0.15, -0.1) is 11.3 Å². The molecule has 1 aliphatic carbocycles. The Morgan fingerprint density at radius 1 is 1.13 bits per heavy atom. The van der Waals surface area contributed by atoms with Crippen molar-refractivity contribution in [1.82, 2.24) is 24.3 Å². The van der Waals surface area contributed by atoms with E-state index in [4.69, 9.17) is 4.98 Å². The number of aryl methyl sites for hydroxylation is 1. The molecule has 0 aliphatic heterocycles. The number of fused-ring (bicyclic) bond motifs is 1. The summed E-state index contributed by atoms with van der Waals surface area (Å²) >= 11 is 1.57. The molecule has 4 aromatic rings. The van der Waals surface area contributed by atoms with E-state index < -0.39 is 0 Å². The van der Waals surface area contributed by atoms with Gasteiger partial charge >= 0.3 is 0 Å². The fourth-order valence-electron chi connectivity index (χ4n) is 4.95. The standard InChI is InChI=1S/C30H34N6O2S/c1-4-15-35(29(38)22-8-10-24(11-9-22)36-16-14-31-20-36)19-21-6-5-7-23(17-21)28(37)33-30-32-26-13-12-25(34(2)3)18-27(26)39-30/h5-11,14,16-17,20,25H,4,12-13,15,18-19H2,1-3H3,(H,32,33,37). The van der Waals surface area contributed by atoms with Gasteiger partial charge in [0.1, 0.15) is 0 Å². The molecule has 1 N–H and O–H groups in total. The molecule has 0 bridgehead atoms. The molecule has 1 aliphatic rings. The van der Waals surface area contributed by atoms with E-state index in [1.807, 2.05) is 58.1 Å². The fraction of sp³-hybridized carbons (Fsp3) is 0.333. The number of hydrogen-bond donors (Lipinski definition) is 1. The van der Waals surface area contributed by atoms with Crippen molar-refractivity contribution in [1.29, 1.82) is 0 Å². The number of imidazole rings is 1. The van der Waals surface area contributed by atoms with Gasteiger partial charge in [0.25, 0.3) is 11.8 Å². The Balaban J connectivity index is 1.26. The molecular formula is C30H34N6O2S. The second-order valence-electron chi connectivity index (χ2n) is 10.1. The van der Waals surface area contributed by atoms with Crippen LogP contribution in [0.2, 0.25) is 0 Å². The van der Waals surface area contributed by atoms with Gasteiger partial charge < -0.3 is 14.4 Å². The number of nitrogens with one attached hydrogen (secondary N) is 1. The van der Waals surface area contributed by atoms with Crippen LogP contribution in [0.15, 0.2) is 67.3 Å². The van der Waals surface area contributed by atoms with E-state index in [9.17, 15) is 9.59 Å². The SMILES string of the molecule is CCCN(Cc1cccc(C(=O)Nc2nc3c(s2)CC(N(C)C)CC3)c1)C(=O)c1ccc(-n2ccnc2)cc1. The molecule has 9 heteroatoms. The number of benzene rings is 2. The fourth-order valence-corrected chi connectivity index (χ4v) is 6.02. The molecule has 2 aromatic heterocycles. The van der Waals surface area contributed by atoms with E-state index in [-0.39, 0.29) is 11.8 Å². The first-order valence-corrected chi connectivity index (χ1v) is 14.2. The summed E-state index contributed by atoms with van der Waals surface area (Å²) in [5.74, 6) is -0.219. The number of hydrogen-bond acceptors (Lipinski definition) is 6. The quantitative estimate of drug-likeness (QED) is 0.320. The smallest absolute Gasteiger partial charge is 0.257 e. The molecular weight excluding hydrogens is 508 g/mol. The molecule has 2 heterocycles. The molecule has 1 unspecified atom stereocenters. The van der Waals surface area contributed by atoms with Gasteiger partial charge in [-0.25, -0.2) is 9.97 Å². The molecule has 1 atom stereocenters. The molecule has 0 saturated heterocycles. The lowest BCUT2D eigenvalue weighted by molar-refractivity contribution is 0.0743. The predicted octanol–water partition coefficient (Wildman–Crippen LogP) is 5.05. The highest BCUT2D eigenvalue weighted by Crippen LogP contribution is 2.31. The van der Waals surface area contributed by atoms with Gasteiger partial charge in [-0.05, 0) is 81.7 Å². The molecule has 0 saturated carbocycles. The van der Waals surface area contributed by atoms with Crippen molar-refractivity contribution in [3.63, 3.8) is 0 Å². The van der Waals surface area contributed by atoms with E-state index >= 15 is 0 Å². The van der Waals surface area contributed by atoms with Crippen LogP contribution in [-0.2, 0) is 19.4 Å². The third kappa shape index (κ3) is 6.26. The lowest BCUT2D eigenvalue weighted by Crippen LogP contribution is -2.32. The molecule has 0 spiro atoms. The maximum atomic E-state index is 13.4. The van der Waals surface area contributed by atoms with Crippen molar-refractivity contribution >= 4 is 28.3 Å². The first-order valence-electron chi connectivity index (χ1n) is 13.3. The third-order valence-electron chi connectivity index (χ3n) is 7.12. The van der Waals surface area contributed by atoms with Crippen LogP contribution in [0.1, 0.15) is 56.6 Å². The number of amides is 2. The zero-order valence-electron chi connectivity index (χ0n) is 22.6. The summed E-state index contributed by atoms with van der Waals surface area (Å²) in [6.45, 7) is 3.10. The van der Waals surface area contributed by atoms with Crippen molar-refractivity contribution in [3.8, 4) is 5.69 Å². The zero-order chi connectivity index (χ0) is 27.4. The Hall–Kier alpha value is -3.82. The maximum absolute atomic E-state index is 13.4. The number of carbonyl (C=O) groups is 2. The summed E-state index contributed by atoms with van der Waals surface area (Å²) in [6.07, 6.45) is 9.15. The van der Waals surface area contributed by atoms with Gasteiger partial charge in [0, 0.05) is 53.2 Å². The Bertz CT molecular complexity index is 1430. The molecule has 0 fully saturated rings. The lowest BCUT2D eigenvalue weighted by atomic mass is 9.97. The number of thiazole rings is 1. The highest BCUT2D eigenvalue weighted by Gasteiger charge is 2.24. The average Bonchev–Trinajstić information content (AvgIpc) is 3.62. The first kappa shape index (κ1) is 26.8. The molecule has 8 nitrogen and oxygen atoms in total. The maximum Gasteiger partial charge on any atom is 0.257 e. The minimum absolute atomic E-state index is 0.0340. The van der Waals surface area contributed by atoms with Crippen molar-refractivity contribution in [2.45, 2.75) is 45.2 Å². The zero-order valence-corrected chi connectivity index (χ0v) is 23.4. The second kappa shape index (κ2) is 11.9. The Labute approximate surface area is 233 Å². The number of carbonyl (C=O) groups excluding carboxylic acids is 2. The van der Waals surface area contributed by atoms with Crippen LogP contribution in [0, 0.1) is 0 Å². The summed E-state index contributed by atoms with van der Waals surface area (Å²) in [5.41, 5.74) is 4.15. The van der Waals surface area contributed by atoms with Crippen molar-refractivity contribution < 1.29 is 9.59 Å². The van der Waals surface area contributed by atoms with Crippen LogP contribution in [-0.4, -0.2) is 62.8 Å². The second-order valence-corrected chi connectivity index (χ2v) is 11.2. The highest BCUT2D eigenvalue weighted by molar-refractivity contribution is 7.15. The van der Waals surface area contributed by atoms with Crippen molar-refractivity contribution in [3.05, 3.63) is 94.5 Å². The number of anilines is 1. The van der Waals surface area contributed by atoms with Gasteiger partial charge in [-0.1, -0.05) is 19.1 Å². The molecule has 2 amide bonds. The van der Waals surface area contributed by atoms with Crippen molar-refractivity contribution in [2.24, 2.45) is 0 Å². The molecule has 0 radical (unpaired) electrons. The van der Waals surface area contributed by atoms with E-state index in [2.05, 4.69) is 36.2 Å². The Morgan fingerprint density at radius 2 is 1.95 bits per heavy atom. The van der Waals surface area contributed by atoms with Gasteiger partial charge in [0.05, 0.1) is 12.0 Å². The van der Waals surface area contributed by atoms with E-state index in [0.717, 1.165) is 42.6 Å². The van der Waals surface area contributed by atoms with Crippen LogP contribution in [0.5, 0.6) is 0 Å². The predicted molar refractivity (Wildman–Crippen MR) is 155 cm³/mol. The summed E-state index contributed by atoms with van der Waals surface area (Å²) < 4.78 is 1.90. The Morgan fingerprint density at radius 3 is 2.67 bits per heavy atom. The van der Waals surface area contributed by atoms with Gasteiger partial charge in [-0.3, -0.25) is 14.9 Å². The van der Waals surface area contributed by atoms with Gasteiger partial charge in [0.2, 0.25) is 0 Å². The molecule has 5 rings (SSSR count).